The minimum atomic E-state index is -4.26. The monoisotopic (exact) mass is 402 g/mol. The highest BCUT2D eigenvalue weighted by molar-refractivity contribution is 5.90. The normalized spacial score (nSPS) is 17.8. The standard InChI is InChI=1S/C20H25F3O5/c1-12(2)16(20(22,23)18(25)26)27-17(24)13-7-8-15(14(21)11-13)28-19(3)9-5-4-6-10-19/h7-8,11-12,16H,4-6,9-10H2,1-3H3,(H,25,26). The van der Waals surface area contributed by atoms with Crippen LogP contribution in [0.15, 0.2) is 18.2 Å². The smallest absolute Gasteiger partial charge is 0.378 e. The summed E-state index contributed by atoms with van der Waals surface area (Å²) in [6.45, 7) is 4.50. The van der Waals surface area contributed by atoms with Crippen molar-refractivity contribution < 1.29 is 37.3 Å². The van der Waals surface area contributed by atoms with E-state index in [2.05, 4.69) is 0 Å². The maximum absolute atomic E-state index is 14.4. The number of halogens is 3. The third kappa shape index (κ3) is 4.97. The number of carboxylic acids is 1. The summed E-state index contributed by atoms with van der Waals surface area (Å²) in [7, 11) is 0. The predicted octanol–water partition coefficient (Wildman–Crippen LogP) is 4.83. The van der Waals surface area contributed by atoms with Crippen LogP contribution in [0.3, 0.4) is 0 Å². The number of benzene rings is 1. The molecule has 1 unspecified atom stereocenters. The van der Waals surface area contributed by atoms with Gasteiger partial charge in [-0.2, -0.15) is 8.78 Å². The molecule has 156 valence electrons. The summed E-state index contributed by atoms with van der Waals surface area (Å²) in [6.07, 6.45) is 2.46. The summed E-state index contributed by atoms with van der Waals surface area (Å²) in [6, 6.07) is 3.31. The fourth-order valence-corrected chi connectivity index (χ4v) is 3.31. The Kier molecular flexibility index (Phi) is 6.62. The first-order valence-electron chi connectivity index (χ1n) is 9.27. The van der Waals surface area contributed by atoms with Crippen molar-refractivity contribution in [3.8, 4) is 5.75 Å². The molecule has 0 radical (unpaired) electrons. The SMILES string of the molecule is CC(C)C(OC(=O)c1ccc(OC2(C)CCCCC2)c(F)c1)C(F)(F)C(=O)O. The Bertz CT molecular complexity index is 727. The van der Waals surface area contributed by atoms with E-state index in [1.54, 1.807) is 0 Å². The van der Waals surface area contributed by atoms with Crippen LogP contribution in [0.4, 0.5) is 13.2 Å². The molecule has 1 aliphatic rings. The molecule has 1 aromatic carbocycles. The first-order valence-corrected chi connectivity index (χ1v) is 9.27. The van der Waals surface area contributed by atoms with Crippen LogP contribution in [0.1, 0.15) is 63.2 Å². The minimum Gasteiger partial charge on any atom is -0.485 e. The minimum absolute atomic E-state index is 0.0303. The molecule has 0 aromatic heterocycles. The van der Waals surface area contributed by atoms with Gasteiger partial charge in [-0.15, -0.1) is 0 Å². The number of carbonyl (C=O) groups excluding carboxylic acids is 1. The van der Waals surface area contributed by atoms with Crippen LogP contribution in [0, 0.1) is 11.7 Å². The summed E-state index contributed by atoms with van der Waals surface area (Å²) >= 11 is 0. The van der Waals surface area contributed by atoms with Crippen molar-refractivity contribution in [3.63, 3.8) is 0 Å². The van der Waals surface area contributed by atoms with Crippen molar-refractivity contribution in [2.75, 3.05) is 0 Å². The Morgan fingerprint density at radius 1 is 1.18 bits per heavy atom. The van der Waals surface area contributed by atoms with Crippen LogP contribution in [0.25, 0.3) is 0 Å². The second kappa shape index (κ2) is 8.41. The van der Waals surface area contributed by atoms with Gasteiger partial charge in [-0.25, -0.2) is 14.0 Å². The molecule has 0 saturated heterocycles. The molecule has 5 nitrogen and oxygen atoms in total. The van der Waals surface area contributed by atoms with Crippen LogP contribution in [-0.4, -0.2) is 34.7 Å². The number of alkyl halides is 2. The zero-order valence-electron chi connectivity index (χ0n) is 16.1. The van der Waals surface area contributed by atoms with Crippen molar-refractivity contribution in [3.05, 3.63) is 29.6 Å². The summed E-state index contributed by atoms with van der Waals surface area (Å²) in [5, 5.41) is 8.69. The van der Waals surface area contributed by atoms with E-state index in [4.69, 9.17) is 14.6 Å². The molecule has 1 aliphatic carbocycles. The van der Waals surface area contributed by atoms with Gasteiger partial charge in [0.05, 0.1) is 5.56 Å². The van der Waals surface area contributed by atoms with Crippen molar-refractivity contribution in [1.29, 1.82) is 0 Å². The number of ether oxygens (including phenoxy) is 2. The predicted molar refractivity (Wildman–Crippen MR) is 95.1 cm³/mol. The highest BCUT2D eigenvalue weighted by Crippen LogP contribution is 2.34. The summed E-state index contributed by atoms with van der Waals surface area (Å²) in [5.74, 6) is -9.69. The second-order valence-electron chi connectivity index (χ2n) is 7.76. The molecule has 1 aromatic rings. The van der Waals surface area contributed by atoms with Gasteiger partial charge in [-0.1, -0.05) is 20.3 Å². The average molecular weight is 402 g/mol. The zero-order chi connectivity index (χ0) is 21.1. The zero-order valence-corrected chi connectivity index (χ0v) is 16.1. The molecule has 1 N–H and O–H groups in total. The van der Waals surface area contributed by atoms with Gasteiger partial charge < -0.3 is 14.6 Å². The van der Waals surface area contributed by atoms with Gasteiger partial charge in [-0.3, -0.25) is 0 Å². The lowest BCUT2D eigenvalue weighted by atomic mass is 9.86. The van der Waals surface area contributed by atoms with Crippen molar-refractivity contribution in [2.24, 2.45) is 5.92 Å². The molecular formula is C20H25F3O5. The number of esters is 1. The fourth-order valence-electron chi connectivity index (χ4n) is 3.31. The summed E-state index contributed by atoms with van der Waals surface area (Å²) in [4.78, 5) is 23.0. The van der Waals surface area contributed by atoms with Crippen LogP contribution in [-0.2, 0) is 9.53 Å². The van der Waals surface area contributed by atoms with Crippen molar-refractivity contribution >= 4 is 11.9 Å². The number of hydrogen-bond donors (Lipinski definition) is 1. The van der Waals surface area contributed by atoms with Crippen molar-refractivity contribution in [1.82, 2.24) is 0 Å². The lowest BCUT2D eigenvalue weighted by Gasteiger charge is -2.34. The quantitative estimate of drug-likeness (QED) is 0.662. The lowest BCUT2D eigenvalue weighted by molar-refractivity contribution is -0.187. The highest BCUT2D eigenvalue weighted by atomic mass is 19.3. The Hall–Kier alpha value is -2.25. The number of hydrogen-bond acceptors (Lipinski definition) is 4. The Morgan fingerprint density at radius 3 is 2.29 bits per heavy atom. The van der Waals surface area contributed by atoms with Gasteiger partial charge >= 0.3 is 17.9 Å². The van der Waals surface area contributed by atoms with E-state index in [0.717, 1.165) is 38.2 Å². The molecule has 0 amide bonds. The first-order chi connectivity index (χ1) is 13.0. The van der Waals surface area contributed by atoms with E-state index in [1.807, 2.05) is 6.92 Å². The van der Waals surface area contributed by atoms with Gasteiger partial charge in [0.25, 0.3) is 0 Å². The summed E-state index contributed by atoms with van der Waals surface area (Å²) in [5.41, 5.74) is -0.793. The molecule has 1 fully saturated rings. The molecule has 28 heavy (non-hydrogen) atoms. The maximum atomic E-state index is 14.4. The van der Waals surface area contributed by atoms with E-state index < -0.39 is 41.3 Å². The lowest BCUT2D eigenvalue weighted by Crippen LogP contribution is -2.47. The number of rotatable bonds is 7. The molecule has 0 bridgehead atoms. The van der Waals surface area contributed by atoms with E-state index in [9.17, 15) is 22.8 Å². The maximum Gasteiger partial charge on any atom is 0.378 e. The topological polar surface area (TPSA) is 72.8 Å². The number of aliphatic carboxylic acids is 1. The third-order valence-electron chi connectivity index (χ3n) is 4.92. The van der Waals surface area contributed by atoms with Crippen LogP contribution >= 0.6 is 0 Å². The molecule has 0 aliphatic heterocycles. The third-order valence-corrected chi connectivity index (χ3v) is 4.92. The molecule has 0 heterocycles. The molecule has 1 saturated carbocycles. The molecule has 1 atom stereocenters. The Labute approximate surface area is 161 Å². The average Bonchev–Trinajstić information content (AvgIpc) is 2.61. The number of carbonyl (C=O) groups is 2. The van der Waals surface area contributed by atoms with Crippen LogP contribution in [0.5, 0.6) is 5.75 Å². The van der Waals surface area contributed by atoms with E-state index in [0.29, 0.717) is 0 Å². The van der Waals surface area contributed by atoms with E-state index in [1.165, 1.54) is 26.0 Å². The largest absolute Gasteiger partial charge is 0.485 e. The van der Waals surface area contributed by atoms with Crippen LogP contribution in [0.2, 0.25) is 0 Å². The number of carboxylic acid groups (broad SMARTS) is 1. The molecular weight excluding hydrogens is 377 g/mol. The van der Waals surface area contributed by atoms with Gasteiger partial charge in [0.1, 0.15) is 5.60 Å². The fraction of sp³-hybridized carbons (Fsp3) is 0.600. The Morgan fingerprint density at radius 2 is 1.79 bits per heavy atom. The van der Waals surface area contributed by atoms with Gasteiger partial charge in [0, 0.05) is 0 Å². The second-order valence-corrected chi connectivity index (χ2v) is 7.76. The van der Waals surface area contributed by atoms with Crippen molar-refractivity contribution in [2.45, 2.75) is 70.5 Å². The van der Waals surface area contributed by atoms with E-state index in [-0.39, 0.29) is 11.3 Å². The Balaban J connectivity index is 2.15. The van der Waals surface area contributed by atoms with Crippen LogP contribution < -0.4 is 4.74 Å². The summed E-state index contributed by atoms with van der Waals surface area (Å²) < 4.78 is 52.5. The molecule has 0 spiro atoms. The molecule has 2 rings (SSSR count). The molecule has 8 heteroatoms. The van der Waals surface area contributed by atoms with Gasteiger partial charge in [-0.05, 0) is 56.7 Å². The van der Waals surface area contributed by atoms with E-state index >= 15 is 0 Å². The van der Waals surface area contributed by atoms with Gasteiger partial charge in [0.15, 0.2) is 17.7 Å². The highest BCUT2D eigenvalue weighted by Gasteiger charge is 2.51. The first kappa shape index (κ1) is 22.0. The van der Waals surface area contributed by atoms with Gasteiger partial charge in [0.2, 0.25) is 0 Å².